The minimum atomic E-state index is -0.493. The Kier molecular flexibility index (Phi) is 16.6. The summed E-state index contributed by atoms with van der Waals surface area (Å²) < 4.78 is 26.1. The van der Waals surface area contributed by atoms with Gasteiger partial charge in [-0.3, -0.25) is 4.79 Å². The zero-order valence-electron chi connectivity index (χ0n) is 12.7. The fraction of sp³-hybridized carbons (Fsp3) is 0.923. The number of nitrogens with two attached hydrogens (primary N) is 1. The Morgan fingerprint density at radius 1 is 0.714 bits per heavy atom. The molecule has 8 heteroatoms. The number of hydrogen-bond acceptors (Lipinski definition) is 8. The van der Waals surface area contributed by atoms with Crippen molar-refractivity contribution in [1.82, 2.24) is 0 Å². The molecule has 0 unspecified atom stereocenters. The van der Waals surface area contributed by atoms with Crippen LogP contribution in [0.5, 0.6) is 0 Å². The second-order valence-corrected chi connectivity index (χ2v) is 3.89. The normalized spacial score (nSPS) is 10.8. The Morgan fingerprint density at radius 3 is 1.48 bits per heavy atom. The van der Waals surface area contributed by atoms with Crippen LogP contribution < -0.4 is 5.90 Å². The van der Waals surface area contributed by atoms with Gasteiger partial charge >= 0.3 is 5.97 Å². The molecule has 21 heavy (non-hydrogen) atoms. The first-order chi connectivity index (χ1) is 10.3. The molecule has 0 fully saturated rings. The SMILES string of the molecule is CCOCCOCCOCCOCCOCCC(=O)ON. The second kappa shape index (κ2) is 17.3. The van der Waals surface area contributed by atoms with Crippen LogP contribution in [0.15, 0.2) is 0 Å². The standard InChI is InChI=1S/C13H27NO7/c1-2-16-5-6-18-9-10-20-12-11-19-8-7-17-4-3-13(15)21-14/h2-12,14H2,1H3. The summed E-state index contributed by atoms with van der Waals surface area (Å²) in [5.41, 5.74) is 0. The molecule has 0 amide bonds. The highest BCUT2D eigenvalue weighted by molar-refractivity contribution is 5.68. The summed E-state index contributed by atoms with van der Waals surface area (Å²) in [6.45, 7) is 7.08. The molecule has 0 aliphatic carbocycles. The lowest BCUT2D eigenvalue weighted by Crippen LogP contribution is -2.15. The third kappa shape index (κ3) is 17.2. The number of carbonyl (C=O) groups excluding carboxylic acids is 1. The van der Waals surface area contributed by atoms with Crippen LogP contribution >= 0.6 is 0 Å². The number of hydrogen-bond donors (Lipinski definition) is 1. The molecule has 0 aliphatic heterocycles. The molecule has 0 saturated carbocycles. The fourth-order valence-electron chi connectivity index (χ4n) is 1.24. The van der Waals surface area contributed by atoms with Gasteiger partial charge in [0.15, 0.2) is 0 Å². The van der Waals surface area contributed by atoms with Crippen LogP contribution in [0.25, 0.3) is 0 Å². The first-order valence-corrected chi connectivity index (χ1v) is 7.09. The average molecular weight is 309 g/mol. The summed E-state index contributed by atoms with van der Waals surface area (Å²) in [6.07, 6.45) is 0.142. The van der Waals surface area contributed by atoms with Crippen molar-refractivity contribution in [3.8, 4) is 0 Å². The molecule has 0 saturated heterocycles. The van der Waals surface area contributed by atoms with Crippen LogP contribution in [0.3, 0.4) is 0 Å². The van der Waals surface area contributed by atoms with Gasteiger partial charge in [-0.1, -0.05) is 0 Å². The average Bonchev–Trinajstić information content (AvgIpc) is 2.50. The van der Waals surface area contributed by atoms with Crippen molar-refractivity contribution in [3.63, 3.8) is 0 Å². The molecular weight excluding hydrogens is 282 g/mol. The van der Waals surface area contributed by atoms with E-state index >= 15 is 0 Å². The van der Waals surface area contributed by atoms with Gasteiger partial charge in [0.25, 0.3) is 0 Å². The third-order valence-electron chi connectivity index (χ3n) is 2.27. The van der Waals surface area contributed by atoms with Crippen molar-refractivity contribution in [2.24, 2.45) is 5.90 Å². The molecule has 126 valence electrons. The highest BCUT2D eigenvalue weighted by atomic mass is 16.7. The van der Waals surface area contributed by atoms with E-state index in [0.29, 0.717) is 59.5 Å². The van der Waals surface area contributed by atoms with Crippen molar-refractivity contribution in [2.75, 3.05) is 66.1 Å². The van der Waals surface area contributed by atoms with Gasteiger partial charge in [0, 0.05) is 6.61 Å². The van der Waals surface area contributed by atoms with Gasteiger partial charge in [-0.25, -0.2) is 0 Å². The lowest BCUT2D eigenvalue weighted by molar-refractivity contribution is -0.145. The van der Waals surface area contributed by atoms with Crippen LogP contribution in [0.4, 0.5) is 0 Å². The quantitative estimate of drug-likeness (QED) is 0.312. The highest BCUT2D eigenvalue weighted by Gasteiger charge is 1.99. The highest BCUT2D eigenvalue weighted by Crippen LogP contribution is 1.86. The van der Waals surface area contributed by atoms with Gasteiger partial charge in [0.2, 0.25) is 0 Å². The minimum Gasteiger partial charge on any atom is -0.379 e. The van der Waals surface area contributed by atoms with E-state index in [-0.39, 0.29) is 13.0 Å². The van der Waals surface area contributed by atoms with Gasteiger partial charge in [-0.2, -0.15) is 5.90 Å². The Bertz CT molecular complexity index is 229. The summed E-state index contributed by atoms with van der Waals surface area (Å²) >= 11 is 0. The van der Waals surface area contributed by atoms with Crippen LogP contribution in [0, 0.1) is 0 Å². The molecule has 0 bridgehead atoms. The van der Waals surface area contributed by atoms with Crippen molar-refractivity contribution in [3.05, 3.63) is 0 Å². The Labute approximate surface area is 125 Å². The Hall–Kier alpha value is -0.770. The van der Waals surface area contributed by atoms with Crippen molar-refractivity contribution in [1.29, 1.82) is 0 Å². The predicted molar refractivity (Wildman–Crippen MR) is 74.7 cm³/mol. The van der Waals surface area contributed by atoms with Gasteiger partial charge < -0.3 is 28.5 Å². The first-order valence-electron chi connectivity index (χ1n) is 7.09. The Balaban J connectivity index is 2.98. The van der Waals surface area contributed by atoms with Crippen LogP contribution in [0.1, 0.15) is 13.3 Å². The first kappa shape index (κ1) is 20.2. The molecule has 0 atom stereocenters. The summed E-state index contributed by atoms with van der Waals surface area (Å²) in [6, 6.07) is 0. The van der Waals surface area contributed by atoms with E-state index in [1.807, 2.05) is 6.92 Å². The lowest BCUT2D eigenvalue weighted by Gasteiger charge is -2.07. The maximum absolute atomic E-state index is 10.7. The molecule has 2 N–H and O–H groups in total. The summed E-state index contributed by atoms with van der Waals surface area (Å²) in [4.78, 5) is 14.6. The monoisotopic (exact) mass is 309 g/mol. The molecule has 0 aliphatic rings. The number of rotatable bonds is 16. The molecule has 0 radical (unpaired) electrons. The van der Waals surface area contributed by atoms with Gasteiger partial charge in [0.05, 0.1) is 65.9 Å². The van der Waals surface area contributed by atoms with Gasteiger partial charge in [-0.15, -0.1) is 0 Å². The van der Waals surface area contributed by atoms with Crippen molar-refractivity contribution < 1.29 is 33.3 Å². The molecule has 8 nitrogen and oxygen atoms in total. The summed E-state index contributed by atoms with van der Waals surface area (Å²) in [5.74, 6) is 4.18. The summed E-state index contributed by atoms with van der Waals surface area (Å²) in [7, 11) is 0. The second-order valence-electron chi connectivity index (χ2n) is 3.89. The van der Waals surface area contributed by atoms with E-state index in [0.717, 1.165) is 0 Å². The largest absolute Gasteiger partial charge is 0.379 e. The van der Waals surface area contributed by atoms with E-state index < -0.39 is 5.97 Å². The lowest BCUT2D eigenvalue weighted by atomic mass is 10.5. The van der Waals surface area contributed by atoms with Crippen molar-refractivity contribution >= 4 is 5.97 Å². The zero-order valence-corrected chi connectivity index (χ0v) is 12.7. The smallest absolute Gasteiger partial charge is 0.326 e. The van der Waals surface area contributed by atoms with Crippen LogP contribution in [-0.2, 0) is 33.3 Å². The third-order valence-corrected chi connectivity index (χ3v) is 2.27. The van der Waals surface area contributed by atoms with E-state index in [1.54, 1.807) is 0 Å². The van der Waals surface area contributed by atoms with E-state index in [2.05, 4.69) is 10.7 Å². The minimum absolute atomic E-state index is 0.142. The number of ether oxygens (including phenoxy) is 5. The Morgan fingerprint density at radius 2 is 1.10 bits per heavy atom. The maximum atomic E-state index is 10.7. The molecule has 0 rings (SSSR count). The molecule has 0 spiro atoms. The maximum Gasteiger partial charge on any atom is 0.326 e. The molecule has 0 aromatic heterocycles. The topological polar surface area (TPSA) is 98.5 Å². The van der Waals surface area contributed by atoms with Gasteiger partial charge in [0.1, 0.15) is 0 Å². The molecule has 0 aromatic rings. The molecular formula is C13H27NO7. The fourth-order valence-corrected chi connectivity index (χ4v) is 1.24. The molecule has 0 aromatic carbocycles. The van der Waals surface area contributed by atoms with E-state index in [9.17, 15) is 4.79 Å². The summed E-state index contributed by atoms with van der Waals surface area (Å²) in [5, 5.41) is 0. The van der Waals surface area contributed by atoms with Crippen molar-refractivity contribution in [2.45, 2.75) is 13.3 Å². The number of carbonyl (C=O) groups is 1. The van der Waals surface area contributed by atoms with Gasteiger partial charge in [-0.05, 0) is 6.92 Å². The van der Waals surface area contributed by atoms with Crippen LogP contribution in [-0.4, -0.2) is 72.0 Å². The zero-order chi connectivity index (χ0) is 15.6. The van der Waals surface area contributed by atoms with E-state index in [4.69, 9.17) is 23.7 Å². The van der Waals surface area contributed by atoms with E-state index in [1.165, 1.54) is 0 Å². The van der Waals surface area contributed by atoms with Crippen LogP contribution in [0.2, 0.25) is 0 Å². The predicted octanol–water partition coefficient (Wildman–Crippen LogP) is -0.104. The molecule has 0 heterocycles.